The molecule has 1 aliphatic rings. The number of fused-ring (bicyclic) bond motifs is 1. The van der Waals surface area contributed by atoms with Gasteiger partial charge >= 0.3 is 0 Å². The molecule has 5 heteroatoms. The highest BCUT2D eigenvalue weighted by Crippen LogP contribution is 2.27. The second-order valence-electron chi connectivity index (χ2n) is 6.21. The third-order valence-electron chi connectivity index (χ3n) is 4.64. The Kier molecular flexibility index (Phi) is 4.41. The monoisotopic (exact) mass is 342 g/mol. The molecule has 1 N–H and O–H groups in total. The summed E-state index contributed by atoms with van der Waals surface area (Å²) in [6.07, 6.45) is 2.05. The molecule has 1 heterocycles. The molecule has 0 unspecified atom stereocenters. The Hall–Kier alpha value is -2.20. The van der Waals surface area contributed by atoms with Crippen LogP contribution in [-0.2, 0) is 16.0 Å². The van der Waals surface area contributed by atoms with Crippen LogP contribution in [0.15, 0.2) is 40.5 Å². The maximum atomic E-state index is 12.4. The van der Waals surface area contributed by atoms with Crippen LogP contribution < -0.4 is 0 Å². The van der Waals surface area contributed by atoms with Crippen LogP contribution in [0.25, 0.3) is 11.0 Å². The van der Waals surface area contributed by atoms with Crippen molar-refractivity contribution in [3.8, 4) is 0 Å². The minimum absolute atomic E-state index is 0.000915. The summed E-state index contributed by atoms with van der Waals surface area (Å²) in [5.41, 5.74) is 4.14. The van der Waals surface area contributed by atoms with Crippen molar-refractivity contribution in [2.75, 3.05) is 0 Å². The standard InChI is InChI=1S/C19H19ClN2O2/c1-10-11(2)19(24)14(12(3)18(10)23)5-4-6-17-21-15-8-7-13(20)9-16(15)22-17/h7-9H,4-6H2,1-3H3,(H,21,22). The Morgan fingerprint density at radius 2 is 1.71 bits per heavy atom. The van der Waals surface area contributed by atoms with E-state index >= 15 is 0 Å². The van der Waals surface area contributed by atoms with Gasteiger partial charge in [-0.05, 0) is 51.8 Å². The highest BCUT2D eigenvalue weighted by atomic mass is 35.5. The summed E-state index contributed by atoms with van der Waals surface area (Å²) in [6.45, 7) is 5.19. The molecule has 4 nitrogen and oxygen atoms in total. The van der Waals surface area contributed by atoms with Crippen LogP contribution in [0.2, 0.25) is 5.02 Å². The van der Waals surface area contributed by atoms with Gasteiger partial charge in [0.05, 0.1) is 11.0 Å². The number of halogens is 1. The first-order valence-electron chi connectivity index (χ1n) is 7.99. The van der Waals surface area contributed by atoms with Crippen LogP contribution in [0.5, 0.6) is 0 Å². The highest BCUT2D eigenvalue weighted by molar-refractivity contribution is 6.31. The number of hydrogen-bond donors (Lipinski definition) is 1. The quantitative estimate of drug-likeness (QED) is 0.840. The molecule has 124 valence electrons. The number of hydrogen-bond acceptors (Lipinski definition) is 3. The van der Waals surface area contributed by atoms with E-state index in [-0.39, 0.29) is 11.6 Å². The van der Waals surface area contributed by atoms with Gasteiger partial charge in [-0.25, -0.2) is 4.98 Å². The number of Topliss-reactive ketones (excluding diaryl/α,β-unsaturated/α-hetero) is 2. The lowest BCUT2D eigenvalue weighted by Gasteiger charge is -2.18. The summed E-state index contributed by atoms with van der Waals surface area (Å²) in [5, 5.41) is 0.669. The van der Waals surface area contributed by atoms with Gasteiger partial charge in [-0.2, -0.15) is 0 Å². The van der Waals surface area contributed by atoms with Crippen LogP contribution in [0, 0.1) is 0 Å². The summed E-state index contributed by atoms with van der Waals surface area (Å²) in [5.74, 6) is 0.852. The molecule has 0 radical (unpaired) electrons. The van der Waals surface area contributed by atoms with Crippen molar-refractivity contribution in [3.63, 3.8) is 0 Å². The summed E-state index contributed by atoms with van der Waals surface area (Å²) in [4.78, 5) is 32.4. The fraction of sp³-hybridized carbons (Fsp3) is 0.316. The molecular formula is C19H19ClN2O2. The number of carbonyl (C=O) groups excluding carboxylic acids is 2. The largest absolute Gasteiger partial charge is 0.342 e. The van der Waals surface area contributed by atoms with Gasteiger partial charge in [0.25, 0.3) is 0 Å². The van der Waals surface area contributed by atoms with Crippen molar-refractivity contribution in [3.05, 3.63) is 51.3 Å². The predicted octanol–water partition coefficient (Wildman–Crippen LogP) is 4.34. The van der Waals surface area contributed by atoms with E-state index in [2.05, 4.69) is 9.97 Å². The lowest BCUT2D eigenvalue weighted by Crippen LogP contribution is -2.20. The van der Waals surface area contributed by atoms with Gasteiger partial charge in [0.15, 0.2) is 11.6 Å². The molecule has 0 atom stereocenters. The Labute approximate surface area is 145 Å². The van der Waals surface area contributed by atoms with Crippen LogP contribution in [0.3, 0.4) is 0 Å². The van der Waals surface area contributed by atoms with E-state index in [4.69, 9.17) is 11.6 Å². The summed E-state index contributed by atoms with van der Waals surface area (Å²) in [6, 6.07) is 5.54. The van der Waals surface area contributed by atoms with Crippen molar-refractivity contribution in [2.45, 2.75) is 40.0 Å². The predicted molar refractivity (Wildman–Crippen MR) is 95.1 cm³/mol. The first-order valence-corrected chi connectivity index (χ1v) is 8.37. The maximum absolute atomic E-state index is 12.4. The van der Waals surface area contributed by atoms with E-state index in [1.165, 1.54) is 0 Å². The molecule has 1 aromatic heterocycles. The Bertz CT molecular complexity index is 919. The van der Waals surface area contributed by atoms with Gasteiger partial charge in [-0.3, -0.25) is 9.59 Å². The van der Waals surface area contributed by atoms with Crippen molar-refractivity contribution in [2.24, 2.45) is 0 Å². The third-order valence-corrected chi connectivity index (χ3v) is 4.88. The Morgan fingerprint density at radius 3 is 2.46 bits per heavy atom. The van der Waals surface area contributed by atoms with Gasteiger partial charge in [0.2, 0.25) is 0 Å². The first-order chi connectivity index (χ1) is 11.4. The Balaban J connectivity index is 1.71. The smallest absolute Gasteiger partial charge is 0.185 e. The second kappa shape index (κ2) is 6.36. The third kappa shape index (κ3) is 2.94. The summed E-state index contributed by atoms with van der Waals surface area (Å²) in [7, 11) is 0. The average Bonchev–Trinajstić information content (AvgIpc) is 2.96. The molecule has 0 fully saturated rings. The van der Waals surface area contributed by atoms with Crippen LogP contribution in [0.1, 0.15) is 39.4 Å². The summed E-state index contributed by atoms with van der Waals surface area (Å²) >= 11 is 5.98. The van der Waals surface area contributed by atoms with Crippen LogP contribution in [0.4, 0.5) is 0 Å². The van der Waals surface area contributed by atoms with Gasteiger partial charge < -0.3 is 4.98 Å². The van der Waals surface area contributed by atoms with Crippen molar-refractivity contribution < 1.29 is 9.59 Å². The minimum Gasteiger partial charge on any atom is -0.342 e. The number of imidazole rings is 1. The number of H-pyrrole nitrogens is 1. The molecule has 1 aliphatic carbocycles. The number of carbonyl (C=O) groups is 2. The molecule has 0 aliphatic heterocycles. The molecule has 2 aromatic rings. The van der Waals surface area contributed by atoms with E-state index in [0.29, 0.717) is 40.2 Å². The molecule has 0 saturated carbocycles. The van der Waals surface area contributed by atoms with Crippen molar-refractivity contribution in [1.82, 2.24) is 9.97 Å². The fourth-order valence-electron chi connectivity index (χ4n) is 3.04. The average molecular weight is 343 g/mol. The van der Waals surface area contributed by atoms with Gasteiger partial charge in [-0.15, -0.1) is 0 Å². The lowest BCUT2D eigenvalue weighted by atomic mass is 9.84. The van der Waals surface area contributed by atoms with Crippen molar-refractivity contribution >= 4 is 34.2 Å². The van der Waals surface area contributed by atoms with E-state index < -0.39 is 0 Å². The molecule has 24 heavy (non-hydrogen) atoms. The normalized spacial score (nSPS) is 15.8. The zero-order valence-electron chi connectivity index (χ0n) is 14.0. The lowest BCUT2D eigenvalue weighted by molar-refractivity contribution is -0.116. The molecule has 0 saturated heterocycles. The molecule has 0 bridgehead atoms. The SMILES string of the molecule is CC1=C(C)C(=O)C(CCCc2nc3ccc(Cl)cc3[nH]2)=C(C)C1=O. The van der Waals surface area contributed by atoms with E-state index in [1.807, 2.05) is 18.2 Å². The summed E-state index contributed by atoms with van der Waals surface area (Å²) < 4.78 is 0. The topological polar surface area (TPSA) is 62.8 Å². The number of benzene rings is 1. The number of nitrogens with zero attached hydrogens (tertiary/aromatic N) is 1. The second-order valence-corrected chi connectivity index (χ2v) is 6.65. The zero-order valence-corrected chi connectivity index (χ0v) is 14.8. The van der Waals surface area contributed by atoms with Gasteiger partial charge in [0, 0.05) is 33.7 Å². The fourth-order valence-corrected chi connectivity index (χ4v) is 3.21. The van der Waals surface area contributed by atoms with Gasteiger partial charge in [-0.1, -0.05) is 11.6 Å². The van der Waals surface area contributed by atoms with Crippen LogP contribution >= 0.6 is 11.6 Å². The highest BCUT2D eigenvalue weighted by Gasteiger charge is 2.27. The molecule has 0 amide bonds. The number of ketones is 2. The van der Waals surface area contributed by atoms with Crippen LogP contribution in [-0.4, -0.2) is 21.5 Å². The van der Waals surface area contributed by atoms with E-state index in [0.717, 1.165) is 23.3 Å². The number of aromatic amines is 1. The first kappa shape index (κ1) is 16.7. The number of aryl methyl sites for hydroxylation is 1. The van der Waals surface area contributed by atoms with E-state index in [9.17, 15) is 9.59 Å². The number of nitrogens with one attached hydrogen (secondary N) is 1. The number of allylic oxidation sites excluding steroid dienone is 4. The van der Waals surface area contributed by atoms with Crippen molar-refractivity contribution in [1.29, 1.82) is 0 Å². The maximum Gasteiger partial charge on any atom is 0.185 e. The molecule has 3 rings (SSSR count). The Morgan fingerprint density at radius 1 is 1.00 bits per heavy atom. The minimum atomic E-state index is -0.0134. The number of rotatable bonds is 4. The van der Waals surface area contributed by atoms with E-state index in [1.54, 1.807) is 20.8 Å². The molecule has 1 aromatic carbocycles. The molecule has 0 spiro atoms. The van der Waals surface area contributed by atoms with Gasteiger partial charge in [0.1, 0.15) is 5.82 Å². The number of aromatic nitrogens is 2. The zero-order chi connectivity index (χ0) is 17.4. The molecular weight excluding hydrogens is 324 g/mol.